The highest BCUT2D eigenvalue weighted by Gasteiger charge is 2.21. The first kappa shape index (κ1) is 23.3. The Morgan fingerprint density at radius 2 is 1.71 bits per heavy atom. The van der Waals surface area contributed by atoms with Gasteiger partial charge >= 0.3 is 0 Å². The normalized spacial score (nSPS) is 11.5. The van der Waals surface area contributed by atoms with Gasteiger partial charge in [0, 0.05) is 48.9 Å². The van der Waals surface area contributed by atoms with E-state index < -0.39 is 10.0 Å². The molecule has 9 nitrogen and oxygen atoms in total. The molecule has 174 valence electrons. The van der Waals surface area contributed by atoms with Gasteiger partial charge in [0.2, 0.25) is 0 Å². The maximum Gasteiger partial charge on any atom is 0.264 e. The number of nitrogens with zero attached hydrogens (tertiary/aromatic N) is 4. The summed E-state index contributed by atoms with van der Waals surface area (Å²) >= 11 is 0. The molecule has 0 aliphatic heterocycles. The lowest BCUT2D eigenvalue weighted by atomic mass is 10.1. The molecule has 0 spiro atoms. The maximum absolute atomic E-state index is 12.8. The minimum atomic E-state index is -3.78. The summed E-state index contributed by atoms with van der Waals surface area (Å²) in [6.07, 6.45) is 5.26. The second-order valence-electron chi connectivity index (χ2n) is 7.32. The summed E-state index contributed by atoms with van der Waals surface area (Å²) in [6.45, 7) is 0.232. The zero-order valence-corrected chi connectivity index (χ0v) is 19.4. The van der Waals surface area contributed by atoms with Crippen LogP contribution in [0.1, 0.15) is 15.9 Å². The van der Waals surface area contributed by atoms with Crippen LogP contribution < -0.4 is 5.32 Å². The number of carbonyl (C=O) groups is 1. The summed E-state index contributed by atoms with van der Waals surface area (Å²) in [4.78, 5) is 21.6. The molecule has 1 amide bonds. The zero-order valence-electron chi connectivity index (χ0n) is 18.6. The van der Waals surface area contributed by atoms with Crippen molar-refractivity contribution in [3.8, 4) is 16.9 Å². The molecule has 4 rings (SSSR count). The molecule has 2 heterocycles. The molecule has 2 aromatic carbocycles. The number of hydroxylamine groups is 1. The zero-order chi connectivity index (χ0) is 24.1. The number of pyridine rings is 1. The molecule has 4 aromatic rings. The van der Waals surface area contributed by atoms with Gasteiger partial charge in [-0.25, -0.2) is 13.1 Å². The number of aromatic nitrogens is 3. The van der Waals surface area contributed by atoms with Crippen molar-refractivity contribution in [1.29, 1.82) is 0 Å². The number of carbonyl (C=O) groups excluding carboxylic acids is 1. The van der Waals surface area contributed by atoms with E-state index in [1.54, 1.807) is 17.1 Å². The van der Waals surface area contributed by atoms with Gasteiger partial charge in [0.15, 0.2) is 0 Å². The Morgan fingerprint density at radius 1 is 1.03 bits per heavy atom. The molecular formula is C24H23N5O4S. The molecule has 10 heteroatoms. The quantitative estimate of drug-likeness (QED) is 0.391. The number of hydrogen-bond acceptors (Lipinski definition) is 6. The van der Waals surface area contributed by atoms with E-state index in [-0.39, 0.29) is 17.3 Å². The lowest BCUT2D eigenvalue weighted by Crippen LogP contribution is -2.26. The van der Waals surface area contributed by atoms with E-state index in [0.717, 1.165) is 27.0 Å². The molecule has 0 unspecified atom stereocenters. The van der Waals surface area contributed by atoms with Gasteiger partial charge in [-0.3, -0.25) is 14.6 Å². The van der Waals surface area contributed by atoms with E-state index in [1.807, 2.05) is 48.7 Å². The molecule has 0 aliphatic carbocycles. The van der Waals surface area contributed by atoms with Crippen molar-refractivity contribution in [1.82, 2.24) is 24.5 Å². The first-order valence-corrected chi connectivity index (χ1v) is 11.8. The summed E-state index contributed by atoms with van der Waals surface area (Å²) in [7, 11) is -1.22. The van der Waals surface area contributed by atoms with Crippen molar-refractivity contribution < 1.29 is 18.0 Å². The van der Waals surface area contributed by atoms with Gasteiger partial charge < -0.3 is 5.32 Å². The van der Waals surface area contributed by atoms with Gasteiger partial charge in [-0.15, -0.1) is 0 Å². The van der Waals surface area contributed by atoms with Crippen LogP contribution in [0.15, 0.2) is 90.2 Å². The molecule has 34 heavy (non-hydrogen) atoms. The Hall–Kier alpha value is -3.86. The van der Waals surface area contributed by atoms with Gasteiger partial charge in [0.25, 0.3) is 15.9 Å². The molecule has 0 atom stereocenters. The van der Waals surface area contributed by atoms with Crippen LogP contribution in [0.5, 0.6) is 0 Å². The van der Waals surface area contributed by atoms with Crippen LogP contribution in [0.3, 0.4) is 0 Å². The smallest absolute Gasteiger partial charge is 0.264 e. The van der Waals surface area contributed by atoms with Crippen LogP contribution in [-0.4, -0.2) is 47.7 Å². The van der Waals surface area contributed by atoms with Crippen LogP contribution in [0.4, 0.5) is 0 Å². The monoisotopic (exact) mass is 477 g/mol. The largest absolute Gasteiger partial charge is 0.348 e. The van der Waals surface area contributed by atoms with Crippen LogP contribution in [0.2, 0.25) is 0 Å². The predicted octanol–water partition coefficient (Wildman–Crippen LogP) is 3.05. The summed E-state index contributed by atoms with van der Waals surface area (Å²) in [6, 6.07) is 19.1. The molecule has 0 fully saturated rings. The lowest BCUT2D eigenvalue weighted by molar-refractivity contribution is -0.0258. The standard InChI is InChI=1S/C24H23N5O4S/c1-28(33-2)34(31,32)22-10-8-19(9-11-22)24(30)26-16-20-17-29(21-6-4-3-5-7-21)27-23(20)18-12-14-25-15-13-18/h3-15,17H,16H2,1-2H3,(H,26,30). The average Bonchev–Trinajstić information content (AvgIpc) is 3.32. The van der Waals surface area contributed by atoms with Gasteiger partial charge in [0.1, 0.15) is 0 Å². The number of rotatable bonds is 8. The third-order valence-electron chi connectivity index (χ3n) is 5.21. The number of nitrogens with one attached hydrogen (secondary N) is 1. The topological polar surface area (TPSA) is 106 Å². The Labute approximate surface area is 197 Å². The van der Waals surface area contributed by atoms with Gasteiger partial charge in [-0.05, 0) is 48.5 Å². The van der Waals surface area contributed by atoms with Gasteiger partial charge in [-0.2, -0.15) is 5.10 Å². The Kier molecular flexibility index (Phi) is 6.82. The van der Waals surface area contributed by atoms with Crippen molar-refractivity contribution in [2.75, 3.05) is 14.2 Å². The van der Waals surface area contributed by atoms with E-state index in [2.05, 4.69) is 10.3 Å². The Bertz CT molecular complexity index is 1370. The SMILES string of the molecule is CON(C)S(=O)(=O)c1ccc(C(=O)NCc2cn(-c3ccccc3)nc2-c2ccncc2)cc1. The molecule has 0 radical (unpaired) electrons. The van der Waals surface area contributed by atoms with Gasteiger partial charge in [-0.1, -0.05) is 22.7 Å². The minimum absolute atomic E-state index is 0.0255. The number of sulfonamides is 1. The van der Waals surface area contributed by atoms with E-state index in [0.29, 0.717) is 5.56 Å². The minimum Gasteiger partial charge on any atom is -0.348 e. The average molecular weight is 478 g/mol. The second kappa shape index (κ2) is 9.96. The first-order valence-electron chi connectivity index (χ1n) is 10.4. The predicted molar refractivity (Wildman–Crippen MR) is 126 cm³/mol. The van der Waals surface area contributed by atoms with Crippen molar-refractivity contribution in [2.24, 2.45) is 0 Å². The molecule has 0 aliphatic rings. The summed E-state index contributed by atoms with van der Waals surface area (Å²) < 4.78 is 27.2. The first-order chi connectivity index (χ1) is 16.4. The number of amides is 1. The van der Waals surface area contributed by atoms with E-state index >= 15 is 0 Å². The fraction of sp³-hybridized carbons (Fsp3) is 0.125. The number of hydrogen-bond donors (Lipinski definition) is 1. The fourth-order valence-electron chi connectivity index (χ4n) is 3.31. The lowest BCUT2D eigenvalue weighted by Gasteiger charge is -2.14. The van der Waals surface area contributed by atoms with E-state index in [1.165, 1.54) is 38.4 Å². The van der Waals surface area contributed by atoms with E-state index in [4.69, 9.17) is 9.94 Å². The maximum atomic E-state index is 12.8. The molecule has 1 N–H and O–H groups in total. The van der Waals surface area contributed by atoms with Crippen molar-refractivity contribution >= 4 is 15.9 Å². The Balaban J connectivity index is 1.55. The number of para-hydroxylation sites is 1. The molecule has 0 saturated heterocycles. The molecule has 0 saturated carbocycles. The third-order valence-corrected chi connectivity index (χ3v) is 6.91. The highest BCUT2D eigenvalue weighted by Crippen LogP contribution is 2.23. The summed E-state index contributed by atoms with van der Waals surface area (Å²) in [5.41, 5.74) is 3.67. The van der Waals surface area contributed by atoms with Crippen molar-refractivity contribution in [3.63, 3.8) is 0 Å². The van der Waals surface area contributed by atoms with Crippen LogP contribution in [0.25, 0.3) is 16.9 Å². The highest BCUT2D eigenvalue weighted by atomic mass is 32.2. The highest BCUT2D eigenvalue weighted by molar-refractivity contribution is 7.89. The molecular weight excluding hydrogens is 454 g/mol. The van der Waals surface area contributed by atoms with Gasteiger partial charge in [0.05, 0.1) is 23.4 Å². The second-order valence-corrected chi connectivity index (χ2v) is 9.26. The number of benzene rings is 2. The fourth-order valence-corrected chi connectivity index (χ4v) is 4.28. The van der Waals surface area contributed by atoms with Crippen LogP contribution >= 0.6 is 0 Å². The van der Waals surface area contributed by atoms with Crippen molar-refractivity contribution in [3.05, 3.63) is 96.4 Å². The summed E-state index contributed by atoms with van der Waals surface area (Å²) in [5, 5.41) is 7.61. The Morgan fingerprint density at radius 3 is 2.35 bits per heavy atom. The molecule has 2 aromatic heterocycles. The summed E-state index contributed by atoms with van der Waals surface area (Å²) in [5.74, 6) is -0.336. The molecule has 0 bridgehead atoms. The third kappa shape index (κ3) is 4.88. The van der Waals surface area contributed by atoms with Crippen LogP contribution in [0, 0.1) is 0 Å². The van der Waals surface area contributed by atoms with Crippen molar-refractivity contribution in [2.45, 2.75) is 11.4 Å². The van der Waals surface area contributed by atoms with E-state index in [9.17, 15) is 13.2 Å². The van der Waals surface area contributed by atoms with Crippen LogP contribution in [-0.2, 0) is 21.4 Å².